The quantitative estimate of drug-likeness (QED) is 0.277. The highest BCUT2D eigenvalue weighted by atomic mass is 127. The molecule has 1 heterocycles. The Balaban J connectivity index is 1.91. The summed E-state index contributed by atoms with van der Waals surface area (Å²) in [6, 6.07) is 17.3. The second kappa shape index (κ2) is 9.18. The van der Waals surface area contributed by atoms with E-state index >= 15 is 0 Å². The van der Waals surface area contributed by atoms with Crippen LogP contribution in [-0.4, -0.2) is 17.6 Å². The van der Waals surface area contributed by atoms with Crippen molar-refractivity contribution in [2.45, 2.75) is 20.8 Å². The second-order valence-electron chi connectivity index (χ2n) is 6.95. The smallest absolute Gasteiger partial charge is 0.266 e. The third-order valence-electron chi connectivity index (χ3n) is 4.88. The third kappa shape index (κ3) is 4.57. The van der Waals surface area contributed by atoms with Crippen molar-refractivity contribution in [1.82, 2.24) is 4.57 Å². The number of anilines is 1. The largest absolute Gasteiger partial charge is 0.497 e. The summed E-state index contributed by atoms with van der Waals surface area (Å²) in [4.78, 5) is 12.6. The van der Waals surface area contributed by atoms with Gasteiger partial charge in [-0.3, -0.25) is 4.79 Å². The highest BCUT2D eigenvalue weighted by Crippen LogP contribution is 2.25. The molecule has 0 bridgehead atoms. The molecule has 1 N–H and O–H groups in total. The molecular formula is C24H22IN3O2. The van der Waals surface area contributed by atoms with Gasteiger partial charge in [-0.15, -0.1) is 0 Å². The zero-order valence-corrected chi connectivity index (χ0v) is 19.4. The molecule has 5 nitrogen and oxygen atoms in total. The lowest BCUT2D eigenvalue weighted by molar-refractivity contribution is -0.112. The van der Waals surface area contributed by atoms with Crippen molar-refractivity contribution in [2.75, 3.05) is 12.4 Å². The predicted octanol–water partition coefficient (Wildman–Crippen LogP) is 5.56. The number of nitrogens with one attached hydrogen (secondary N) is 1. The van der Waals surface area contributed by atoms with Crippen molar-refractivity contribution in [3.8, 4) is 17.5 Å². The molecule has 0 atom stereocenters. The van der Waals surface area contributed by atoms with E-state index in [1.807, 2.05) is 26.0 Å². The van der Waals surface area contributed by atoms with Gasteiger partial charge in [0.25, 0.3) is 5.91 Å². The van der Waals surface area contributed by atoms with Gasteiger partial charge in [0, 0.05) is 26.3 Å². The maximum absolute atomic E-state index is 12.6. The van der Waals surface area contributed by atoms with Gasteiger partial charge in [0.1, 0.15) is 17.4 Å². The van der Waals surface area contributed by atoms with Crippen LogP contribution in [0.4, 0.5) is 5.69 Å². The van der Waals surface area contributed by atoms with Crippen molar-refractivity contribution < 1.29 is 9.53 Å². The predicted molar refractivity (Wildman–Crippen MR) is 128 cm³/mol. The number of methoxy groups -OCH3 is 1. The number of amides is 1. The lowest BCUT2D eigenvalue weighted by Gasteiger charge is -2.11. The fraction of sp³-hybridized carbons (Fsp3) is 0.167. The standard InChI is InChI=1S/C24H22IN3O2/c1-15-11-21(7-10-23(15)25)28-16(2)12-18(17(28)3)13-19(14-26)24(29)27-20-5-8-22(30-4)9-6-20/h5-13H,1-4H3,(H,27,29). The molecule has 0 aliphatic carbocycles. The molecule has 2 aromatic carbocycles. The zero-order valence-electron chi connectivity index (χ0n) is 17.3. The lowest BCUT2D eigenvalue weighted by Crippen LogP contribution is -2.13. The van der Waals surface area contributed by atoms with E-state index in [-0.39, 0.29) is 5.57 Å². The number of nitrogens with zero attached hydrogens (tertiary/aromatic N) is 2. The molecule has 0 spiro atoms. The first-order valence-corrected chi connectivity index (χ1v) is 10.4. The van der Waals surface area contributed by atoms with Crippen LogP contribution in [0.2, 0.25) is 0 Å². The molecule has 1 aromatic heterocycles. The van der Waals surface area contributed by atoms with E-state index in [1.165, 1.54) is 9.13 Å². The average Bonchev–Trinajstić information content (AvgIpc) is 3.01. The summed E-state index contributed by atoms with van der Waals surface area (Å²) in [5, 5.41) is 12.3. The van der Waals surface area contributed by atoms with Gasteiger partial charge in [0.15, 0.2) is 0 Å². The van der Waals surface area contributed by atoms with Crippen molar-refractivity contribution >= 4 is 40.3 Å². The van der Waals surface area contributed by atoms with Crippen LogP contribution in [0.5, 0.6) is 5.75 Å². The van der Waals surface area contributed by atoms with E-state index < -0.39 is 5.91 Å². The van der Waals surface area contributed by atoms with Crippen LogP contribution >= 0.6 is 22.6 Å². The molecule has 0 saturated heterocycles. The van der Waals surface area contributed by atoms with E-state index in [0.717, 1.165) is 22.6 Å². The van der Waals surface area contributed by atoms with Gasteiger partial charge < -0.3 is 14.6 Å². The number of carbonyl (C=O) groups excluding carboxylic acids is 1. The molecule has 3 rings (SSSR count). The van der Waals surface area contributed by atoms with Gasteiger partial charge in [0.2, 0.25) is 0 Å². The van der Waals surface area contributed by atoms with Gasteiger partial charge >= 0.3 is 0 Å². The van der Waals surface area contributed by atoms with Gasteiger partial charge in [0.05, 0.1) is 7.11 Å². The van der Waals surface area contributed by atoms with Crippen LogP contribution in [0.25, 0.3) is 11.8 Å². The molecule has 30 heavy (non-hydrogen) atoms. The number of aromatic nitrogens is 1. The summed E-state index contributed by atoms with van der Waals surface area (Å²) in [6.07, 6.45) is 1.64. The van der Waals surface area contributed by atoms with Gasteiger partial charge in [-0.05, 0) is 109 Å². The highest BCUT2D eigenvalue weighted by Gasteiger charge is 2.14. The third-order valence-corrected chi connectivity index (χ3v) is 6.09. The fourth-order valence-electron chi connectivity index (χ4n) is 3.28. The van der Waals surface area contributed by atoms with Crippen molar-refractivity contribution in [3.05, 3.63) is 80.2 Å². The zero-order chi connectivity index (χ0) is 21.8. The van der Waals surface area contributed by atoms with Gasteiger partial charge in [-0.1, -0.05) is 0 Å². The molecule has 0 fully saturated rings. The SMILES string of the molecule is COc1ccc(NC(=O)C(C#N)=Cc2cc(C)n(-c3ccc(I)c(C)c3)c2C)cc1. The van der Waals surface area contributed by atoms with Crippen LogP contribution in [0.15, 0.2) is 54.1 Å². The first-order valence-electron chi connectivity index (χ1n) is 9.36. The number of nitriles is 1. The highest BCUT2D eigenvalue weighted by molar-refractivity contribution is 14.1. The summed E-state index contributed by atoms with van der Waals surface area (Å²) >= 11 is 2.32. The normalized spacial score (nSPS) is 11.1. The van der Waals surface area contributed by atoms with E-state index in [0.29, 0.717) is 11.4 Å². The summed E-state index contributed by atoms with van der Waals surface area (Å²) in [5.41, 5.74) is 5.75. The summed E-state index contributed by atoms with van der Waals surface area (Å²) < 4.78 is 8.46. The van der Waals surface area contributed by atoms with E-state index in [4.69, 9.17) is 4.74 Å². The van der Waals surface area contributed by atoms with Crippen molar-refractivity contribution in [3.63, 3.8) is 0 Å². The van der Waals surface area contributed by atoms with E-state index in [2.05, 4.69) is 57.6 Å². The maximum Gasteiger partial charge on any atom is 0.266 e. The first kappa shape index (κ1) is 21.7. The fourth-order valence-corrected chi connectivity index (χ4v) is 3.61. The van der Waals surface area contributed by atoms with Crippen molar-refractivity contribution in [2.24, 2.45) is 0 Å². The number of hydrogen-bond donors (Lipinski definition) is 1. The number of hydrogen-bond acceptors (Lipinski definition) is 3. The minimum Gasteiger partial charge on any atom is -0.497 e. The van der Waals surface area contributed by atoms with Crippen LogP contribution in [0, 0.1) is 35.7 Å². The molecule has 0 aliphatic heterocycles. The van der Waals surface area contributed by atoms with Crippen LogP contribution in [0.3, 0.4) is 0 Å². The second-order valence-corrected chi connectivity index (χ2v) is 8.11. The van der Waals surface area contributed by atoms with Gasteiger partial charge in [-0.25, -0.2) is 0 Å². The molecule has 0 saturated carbocycles. The van der Waals surface area contributed by atoms with Crippen LogP contribution in [0.1, 0.15) is 22.5 Å². The number of benzene rings is 2. The Hall–Kier alpha value is -3.05. The monoisotopic (exact) mass is 511 g/mol. The molecule has 6 heteroatoms. The summed E-state index contributed by atoms with van der Waals surface area (Å²) in [5.74, 6) is 0.250. The molecule has 3 aromatic rings. The van der Waals surface area contributed by atoms with Crippen molar-refractivity contribution in [1.29, 1.82) is 5.26 Å². The van der Waals surface area contributed by atoms with E-state index in [1.54, 1.807) is 37.5 Å². The Morgan fingerprint density at radius 3 is 2.43 bits per heavy atom. The minimum absolute atomic E-state index is 0.0462. The molecule has 0 radical (unpaired) electrons. The van der Waals surface area contributed by atoms with Gasteiger partial charge in [-0.2, -0.15) is 5.26 Å². The summed E-state index contributed by atoms with van der Waals surface area (Å²) in [6.45, 7) is 6.08. The van der Waals surface area contributed by atoms with E-state index in [9.17, 15) is 10.1 Å². The summed E-state index contributed by atoms with van der Waals surface area (Å²) in [7, 11) is 1.58. The molecule has 0 aliphatic rings. The van der Waals surface area contributed by atoms with Crippen LogP contribution in [-0.2, 0) is 4.79 Å². The Morgan fingerprint density at radius 1 is 1.13 bits per heavy atom. The topological polar surface area (TPSA) is 67.0 Å². The Kier molecular flexibility index (Phi) is 6.63. The lowest BCUT2D eigenvalue weighted by atomic mass is 10.1. The molecule has 1 amide bonds. The Labute approximate surface area is 190 Å². The number of aryl methyl sites for hydroxylation is 2. The molecule has 0 unspecified atom stereocenters. The van der Waals surface area contributed by atoms with Crippen LogP contribution < -0.4 is 10.1 Å². The number of halogens is 1. The number of carbonyl (C=O) groups is 1. The molecule has 152 valence electrons. The maximum atomic E-state index is 12.6. The Morgan fingerprint density at radius 2 is 1.83 bits per heavy atom. The minimum atomic E-state index is -0.447. The number of rotatable bonds is 5. The average molecular weight is 511 g/mol. The molecular weight excluding hydrogens is 489 g/mol. The first-order chi connectivity index (χ1) is 14.3. The number of ether oxygens (including phenoxy) is 1. The Bertz CT molecular complexity index is 1170.